The third-order valence-electron chi connectivity index (χ3n) is 3.81. The lowest BCUT2D eigenvalue weighted by Gasteiger charge is -2.17. The highest BCUT2D eigenvalue weighted by Crippen LogP contribution is 2.23. The topological polar surface area (TPSA) is 66.0 Å². The van der Waals surface area contributed by atoms with Crippen LogP contribution in [0.3, 0.4) is 0 Å². The van der Waals surface area contributed by atoms with E-state index in [2.05, 4.69) is 5.32 Å². The minimum atomic E-state index is -0.286. The van der Waals surface area contributed by atoms with Gasteiger partial charge in [0.15, 0.2) is 0 Å². The molecule has 6 heteroatoms. The molecular weight excluding hydrogens is 322 g/mol. The summed E-state index contributed by atoms with van der Waals surface area (Å²) in [7, 11) is 6.30. The summed E-state index contributed by atoms with van der Waals surface area (Å²) in [6, 6.07) is 12.6. The summed E-state index contributed by atoms with van der Waals surface area (Å²) >= 11 is 0. The quantitative estimate of drug-likeness (QED) is 0.797. The van der Waals surface area contributed by atoms with Crippen LogP contribution in [0, 0.1) is 0 Å². The molecule has 0 aromatic heterocycles. The van der Waals surface area contributed by atoms with Gasteiger partial charge in [-0.15, -0.1) is 0 Å². The predicted molar refractivity (Wildman–Crippen MR) is 94.6 cm³/mol. The zero-order valence-corrected chi connectivity index (χ0v) is 14.9. The second-order valence-electron chi connectivity index (χ2n) is 5.31. The Labute approximate surface area is 147 Å². The normalized spacial score (nSPS) is 11.5. The van der Waals surface area contributed by atoms with E-state index < -0.39 is 0 Å². The van der Waals surface area contributed by atoms with E-state index in [-0.39, 0.29) is 12.0 Å². The number of carbonyl (C=O) groups is 1. The van der Waals surface area contributed by atoms with E-state index in [0.717, 1.165) is 11.3 Å². The first kappa shape index (κ1) is 18.6. The van der Waals surface area contributed by atoms with Gasteiger partial charge in [-0.3, -0.25) is 4.79 Å². The monoisotopic (exact) mass is 345 g/mol. The molecule has 0 aliphatic rings. The third-order valence-corrected chi connectivity index (χ3v) is 3.81. The molecule has 0 heterocycles. The summed E-state index contributed by atoms with van der Waals surface area (Å²) in [4.78, 5) is 12.5. The first-order valence-electron chi connectivity index (χ1n) is 7.79. The number of methoxy groups -OCH3 is 4. The molecule has 25 heavy (non-hydrogen) atoms. The van der Waals surface area contributed by atoms with Crippen molar-refractivity contribution in [1.82, 2.24) is 5.32 Å². The molecule has 2 aromatic rings. The van der Waals surface area contributed by atoms with Gasteiger partial charge < -0.3 is 24.3 Å². The molecule has 1 atom stereocenters. The smallest absolute Gasteiger partial charge is 0.251 e. The van der Waals surface area contributed by atoms with Gasteiger partial charge in [-0.2, -0.15) is 0 Å². The Morgan fingerprint density at radius 2 is 1.56 bits per heavy atom. The minimum absolute atomic E-state index is 0.234. The van der Waals surface area contributed by atoms with E-state index in [0.29, 0.717) is 23.6 Å². The molecule has 0 radical (unpaired) electrons. The number of benzene rings is 2. The molecule has 0 saturated heterocycles. The molecule has 0 aliphatic heterocycles. The number of rotatable bonds is 8. The molecule has 134 valence electrons. The molecule has 1 N–H and O–H groups in total. The molecule has 0 saturated carbocycles. The van der Waals surface area contributed by atoms with E-state index in [1.165, 1.54) is 0 Å². The van der Waals surface area contributed by atoms with Gasteiger partial charge in [0.2, 0.25) is 0 Å². The van der Waals surface area contributed by atoms with Crippen LogP contribution in [-0.4, -0.2) is 40.9 Å². The molecule has 0 fully saturated rings. The Morgan fingerprint density at radius 1 is 0.920 bits per heavy atom. The number of nitrogens with one attached hydrogen (secondary N) is 1. The van der Waals surface area contributed by atoms with E-state index in [4.69, 9.17) is 18.9 Å². The summed E-state index contributed by atoms with van der Waals surface area (Å²) in [6.45, 7) is 0.321. The van der Waals surface area contributed by atoms with Gasteiger partial charge in [-0.1, -0.05) is 12.1 Å². The first-order chi connectivity index (χ1) is 12.1. The highest BCUT2D eigenvalue weighted by atomic mass is 16.5. The molecule has 0 bridgehead atoms. The zero-order valence-electron chi connectivity index (χ0n) is 14.9. The van der Waals surface area contributed by atoms with E-state index in [1.54, 1.807) is 46.6 Å². The predicted octanol–water partition coefficient (Wildman–Crippen LogP) is 2.83. The average Bonchev–Trinajstić information content (AvgIpc) is 2.67. The maximum atomic E-state index is 12.5. The number of amides is 1. The van der Waals surface area contributed by atoms with E-state index in [1.807, 2.05) is 24.3 Å². The van der Waals surface area contributed by atoms with Crippen LogP contribution in [0.15, 0.2) is 42.5 Å². The van der Waals surface area contributed by atoms with Crippen molar-refractivity contribution in [3.63, 3.8) is 0 Å². The van der Waals surface area contributed by atoms with E-state index >= 15 is 0 Å². The Morgan fingerprint density at radius 3 is 2.12 bits per heavy atom. The van der Waals surface area contributed by atoms with Crippen LogP contribution in [0.1, 0.15) is 22.0 Å². The lowest BCUT2D eigenvalue weighted by atomic mass is 10.1. The molecule has 1 amide bonds. The van der Waals surface area contributed by atoms with Crippen molar-refractivity contribution in [1.29, 1.82) is 0 Å². The third kappa shape index (κ3) is 4.87. The molecule has 2 rings (SSSR count). The fourth-order valence-corrected chi connectivity index (χ4v) is 2.41. The van der Waals surface area contributed by atoms with Crippen LogP contribution < -0.4 is 19.5 Å². The lowest BCUT2D eigenvalue weighted by Crippen LogP contribution is -2.29. The molecule has 0 unspecified atom stereocenters. The number of hydrogen-bond acceptors (Lipinski definition) is 5. The fourth-order valence-electron chi connectivity index (χ4n) is 2.41. The minimum Gasteiger partial charge on any atom is -0.497 e. The number of carbonyl (C=O) groups excluding carboxylic acids is 1. The van der Waals surface area contributed by atoms with Crippen LogP contribution >= 0.6 is 0 Å². The SMILES string of the molecule is COc1cc(OC)cc(C(=O)NC[C@H](OC)c2cccc(OC)c2)c1. The Kier molecular flexibility index (Phi) is 6.65. The Bertz CT molecular complexity index is 694. The number of ether oxygens (including phenoxy) is 4. The van der Waals surface area contributed by atoms with Crippen molar-refractivity contribution in [2.45, 2.75) is 6.10 Å². The maximum absolute atomic E-state index is 12.5. The van der Waals surface area contributed by atoms with Crippen LogP contribution in [-0.2, 0) is 4.74 Å². The van der Waals surface area contributed by atoms with Gasteiger partial charge in [0, 0.05) is 25.3 Å². The van der Waals surface area contributed by atoms with Gasteiger partial charge in [0.25, 0.3) is 5.91 Å². The Hall–Kier alpha value is -2.73. The van der Waals surface area contributed by atoms with Crippen LogP contribution in [0.5, 0.6) is 17.2 Å². The summed E-state index contributed by atoms with van der Waals surface area (Å²) in [5.74, 6) is 1.62. The van der Waals surface area contributed by atoms with Crippen molar-refractivity contribution in [3.05, 3.63) is 53.6 Å². The lowest BCUT2D eigenvalue weighted by molar-refractivity contribution is 0.0827. The van der Waals surface area contributed by atoms with Crippen LogP contribution in [0.4, 0.5) is 0 Å². The maximum Gasteiger partial charge on any atom is 0.251 e. The van der Waals surface area contributed by atoms with Crippen molar-refractivity contribution in [2.75, 3.05) is 35.0 Å². The van der Waals surface area contributed by atoms with Crippen molar-refractivity contribution < 1.29 is 23.7 Å². The molecule has 6 nitrogen and oxygen atoms in total. The second-order valence-corrected chi connectivity index (χ2v) is 5.31. The first-order valence-corrected chi connectivity index (χ1v) is 7.79. The standard InChI is InChI=1S/C19H23NO5/c1-22-15-7-5-6-13(8-15)18(25-4)12-20-19(21)14-9-16(23-2)11-17(10-14)24-3/h5-11,18H,12H2,1-4H3,(H,20,21)/t18-/m0/s1. The fraction of sp³-hybridized carbons (Fsp3) is 0.316. The van der Waals surface area contributed by atoms with Gasteiger partial charge in [-0.05, 0) is 29.8 Å². The van der Waals surface area contributed by atoms with Crippen molar-refractivity contribution >= 4 is 5.91 Å². The van der Waals surface area contributed by atoms with Gasteiger partial charge >= 0.3 is 0 Å². The summed E-state index contributed by atoms with van der Waals surface area (Å²) in [5.41, 5.74) is 1.38. The molecular formula is C19H23NO5. The highest BCUT2D eigenvalue weighted by Gasteiger charge is 2.15. The molecule has 0 spiro atoms. The Balaban J connectivity index is 2.09. The summed E-state index contributed by atoms with van der Waals surface area (Å²) < 4.78 is 21.1. The second kappa shape index (κ2) is 8.94. The summed E-state index contributed by atoms with van der Waals surface area (Å²) in [5, 5.41) is 2.87. The van der Waals surface area contributed by atoms with Crippen molar-refractivity contribution in [3.8, 4) is 17.2 Å². The largest absolute Gasteiger partial charge is 0.497 e. The zero-order chi connectivity index (χ0) is 18.2. The summed E-state index contributed by atoms with van der Waals surface area (Å²) in [6.07, 6.45) is -0.286. The van der Waals surface area contributed by atoms with Gasteiger partial charge in [0.1, 0.15) is 17.2 Å². The van der Waals surface area contributed by atoms with E-state index in [9.17, 15) is 4.79 Å². The van der Waals surface area contributed by atoms with Gasteiger partial charge in [-0.25, -0.2) is 0 Å². The van der Waals surface area contributed by atoms with Crippen molar-refractivity contribution in [2.24, 2.45) is 0 Å². The van der Waals surface area contributed by atoms with Gasteiger partial charge in [0.05, 0.1) is 27.4 Å². The van der Waals surface area contributed by atoms with Crippen LogP contribution in [0.25, 0.3) is 0 Å². The highest BCUT2D eigenvalue weighted by molar-refractivity contribution is 5.95. The van der Waals surface area contributed by atoms with Crippen LogP contribution in [0.2, 0.25) is 0 Å². The number of hydrogen-bond donors (Lipinski definition) is 1. The average molecular weight is 345 g/mol. The molecule has 2 aromatic carbocycles. The molecule has 0 aliphatic carbocycles.